The van der Waals surface area contributed by atoms with Gasteiger partial charge in [-0.15, -0.1) is 23.7 Å². The highest BCUT2D eigenvalue weighted by molar-refractivity contribution is 7.09. The van der Waals surface area contributed by atoms with Crippen LogP contribution in [0.1, 0.15) is 30.6 Å². The van der Waals surface area contributed by atoms with Crippen LogP contribution in [0.5, 0.6) is 0 Å². The minimum absolute atomic E-state index is 0. The maximum absolute atomic E-state index is 4.16. The van der Waals surface area contributed by atoms with E-state index in [1.54, 1.807) is 11.3 Å². The van der Waals surface area contributed by atoms with Crippen LogP contribution in [0.15, 0.2) is 11.7 Å². The van der Waals surface area contributed by atoms with Crippen molar-refractivity contribution in [1.29, 1.82) is 0 Å². The van der Waals surface area contributed by atoms with Gasteiger partial charge in [0.25, 0.3) is 0 Å². The van der Waals surface area contributed by atoms with Crippen molar-refractivity contribution < 1.29 is 0 Å². The standard InChI is InChI=1S/C12H19N3S.ClH/c1-2-10(14-5-1)7-15(11-3-4-11)8-12-6-13-9-16-12;/h6,9-11,14H,1-5,7-8H2;1H. The second-order valence-corrected chi connectivity index (χ2v) is 5.89. The molecule has 1 N–H and O–H groups in total. The van der Waals surface area contributed by atoms with E-state index >= 15 is 0 Å². The molecule has 1 aromatic heterocycles. The van der Waals surface area contributed by atoms with Gasteiger partial charge in [-0.3, -0.25) is 9.88 Å². The molecule has 0 radical (unpaired) electrons. The molecule has 3 rings (SSSR count). The molecule has 0 bridgehead atoms. The second-order valence-electron chi connectivity index (χ2n) is 4.92. The minimum atomic E-state index is 0. The van der Waals surface area contributed by atoms with Crippen LogP contribution in [-0.2, 0) is 6.54 Å². The first-order valence-electron chi connectivity index (χ1n) is 6.26. The van der Waals surface area contributed by atoms with Gasteiger partial charge in [-0.2, -0.15) is 0 Å². The number of hydrogen-bond acceptors (Lipinski definition) is 4. The molecule has 0 aromatic carbocycles. The van der Waals surface area contributed by atoms with Gasteiger partial charge in [0.2, 0.25) is 0 Å². The minimum Gasteiger partial charge on any atom is -0.313 e. The van der Waals surface area contributed by atoms with Crippen molar-refractivity contribution in [3.8, 4) is 0 Å². The summed E-state index contributed by atoms with van der Waals surface area (Å²) in [5, 5.41) is 3.60. The Bertz CT molecular complexity index is 321. The molecule has 2 aliphatic rings. The highest BCUT2D eigenvalue weighted by atomic mass is 35.5. The average molecular weight is 274 g/mol. The quantitative estimate of drug-likeness (QED) is 0.892. The lowest BCUT2D eigenvalue weighted by atomic mass is 10.2. The fourth-order valence-corrected chi connectivity index (χ4v) is 3.12. The molecule has 5 heteroatoms. The lowest BCUT2D eigenvalue weighted by Gasteiger charge is -2.24. The van der Waals surface area contributed by atoms with E-state index in [2.05, 4.69) is 15.2 Å². The van der Waals surface area contributed by atoms with E-state index in [-0.39, 0.29) is 12.4 Å². The molecule has 1 saturated heterocycles. The summed E-state index contributed by atoms with van der Waals surface area (Å²) in [5.74, 6) is 0. The predicted molar refractivity (Wildman–Crippen MR) is 73.8 cm³/mol. The van der Waals surface area contributed by atoms with E-state index in [1.165, 1.54) is 43.6 Å². The van der Waals surface area contributed by atoms with Gasteiger partial charge in [-0.05, 0) is 32.2 Å². The van der Waals surface area contributed by atoms with Crippen molar-refractivity contribution in [3.05, 3.63) is 16.6 Å². The summed E-state index contributed by atoms with van der Waals surface area (Å²) in [6, 6.07) is 1.58. The Labute approximate surface area is 113 Å². The number of nitrogens with one attached hydrogen (secondary N) is 1. The maximum atomic E-state index is 4.16. The molecule has 1 unspecified atom stereocenters. The lowest BCUT2D eigenvalue weighted by Crippen LogP contribution is -2.38. The molecule has 1 atom stereocenters. The van der Waals surface area contributed by atoms with Crippen LogP contribution in [-0.4, -0.2) is 35.1 Å². The van der Waals surface area contributed by atoms with Crippen LogP contribution in [0.25, 0.3) is 0 Å². The molecule has 2 heterocycles. The van der Waals surface area contributed by atoms with Crippen molar-refractivity contribution in [2.45, 2.75) is 44.3 Å². The third-order valence-corrected chi connectivity index (χ3v) is 4.29. The normalized spacial score (nSPS) is 23.9. The van der Waals surface area contributed by atoms with Gasteiger partial charge in [0.15, 0.2) is 0 Å². The Morgan fingerprint density at radius 2 is 2.29 bits per heavy atom. The predicted octanol–water partition coefficient (Wildman–Crippen LogP) is 2.28. The molecule has 3 nitrogen and oxygen atoms in total. The van der Waals surface area contributed by atoms with Gasteiger partial charge in [0.05, 0.1) is 5.51 Å². The van der Waals surface area contributed by atoms with Gasteiger partial charge in [0.1, 0.15) is 0 Å². The van der Waals surface area contributed by atoms with Gasteiger partial charge in [-0.1, -0.05) is 0 Å². The zero-order valence-electron chi connectivity index (χ0n) is 9.97. The van der Waals surface area contributed by atoms with Crippen molar-refractivity contribution in [3.63, 3.8) is 0 Å². The number of aromatic nitrogens is 1. The number of hydrogen-bond donors (Lipinski definition) is 1. The molecule has 1 aromatic rings. The Morgan fingerprint density at radius 1 is 1.41 bits per heavy atom. The number of rotatable bonds is 5. The molecular weight excluding hydrogens is 254 g/mol. The second kappa shape index (κ2) is 6.14. The highest BCUT2D eigenvalue weighted by Crippen LogP contribution is 2.29. The van der Waals surface area contributed by atoms with Crippen molar-refractivity contribution in [1.82, 2.24) is 15.2 Å². The van der Waals surface area contributed by atoms with Crippen molar-refractivity contribution in [2.75, 3.05) is 13.1 Å². The van der Waals surface area contributed by atoms with Gasteiger partial charge >= 0.3 is 0 Å². The van der Waals surface area contributed by atoms with Gasteiger partial charge in [-0.25, -0.2) is 0 Å². The average Bonchev–Trinajstić information content (AvgIpc) is 2.79. The summed E-state index contributed by atoms with van der Waals surface area (Å²) in [4.78, 5) is 8.22. The number of halogens is 1. The topological polar surface area (TPSA) is 28.2 Å². The van der Waals surface area contributed by atoms with E-state index in [1.807, 2.05) is 11.7 Å². The van der Waals surface area contributed by atoms with Crippen LogP contribution in [0, 0.1) is 0 Å². The summed E-state index contributed by atoms with van der Waals surface area (Å²) in [6.45, 7) is 3.54. The van der Waals surface area contributed by atoms with Crippen LogP contribution in [0.4, 0.5) is 0 Å². The molecule has 0 amide bonds. The molecule has 96 valence electrons. The Hall–Kier alpha value is -0.160. The maximum Gasteiger partial charge on any atom is 0.0794 e. The first-order chi connectivity index (χ1) is 7.92. The first-order valence-corrected chi connectivity index (χ1v) is 7.14. The fourth-order valence-electron chi connectivity index (χ4n) is 2.50. The molecule has 1 saturated carbocycles. The SMILES string of the molecule is Cl.c1ncc(CN(CC2CCCN2)C2CC2)s1. The molecule has 1 aliphatic heterocycles. The number of nitrogens with zero attached hydrogens (tertiary/aromatic N) is 2. The molecule has 0 spiro atoms. The molecule has 2 fully saturated rings. The Kier molecular flexibility index (Phi) is 4.79. The summed E-state index contributed by atoms with van der Waals surface area (Å²) < 4.78 is 0. The largest absolute Gasteiger partial charge is 0.313 e. The summed E-state index contributed by atoms with van der Waals surface area (Å²) in [6.07, 6.45) is 7.51. The number of thiazole rings is 1. The van der Waals surface area contributed by atoms with E-state index in [0.717, 1.165) is 18.6 Å². The van der Waals surface area contributed by atoms with E-state index in [4.69, 9.17) is 0 Å². The third kappa shape index (κ3) is 3.65. The van der Waals surface area contributed by atoms with Crippen molar-refractivity contribution in [2.24, 2.45) is 0 Å². The summed E-state index contributed by atoms with van der Waals surface area (Å²) >= 11 is 1.78. The van der Waals surface area contributed by atoms with E-state index < -0.39 is 0 Å². The fraction of sp³-hybridized carbons (Fsp3) is 0.750. The summed E-state index contributed by atoms with van der Waals surface area (Å²) in [5.41, 5.74) is 1.94. The third-order valence-electron chi connectivity index (χ3n) is 3.52. The van der Waals surface area contributed by atoms with Gasteiger partial charge < -0.3 is 5.32 Å². The first kappa shape index (κ1) is 13.3. The Morgan fingerprint density at radius 3 is 2.88 bits per heavy atom. The highest BCUT2D eigenvalue weighted by Gasteiger charge is 2.31. The van der Waals surface area contributed by atoms with Crippen LogP contribution < -0.4 is 5.32 Å². The van der Waals surface area contributed by atoms with Crippen LogP contribution >= 0.6 is 23.7 Å². The van der Waals surface area contributed by atoms with Crippen LogP contribution in [0.2, 0.25) is 0 Å². The molecule has 17 heavy (non-hydrogen) atoms. The monoisotopic (exact) mass is 273 g/mol. The van der Waals surface area contributed by atoms with E-state index in [9.17, 15) is 0 Å². The lowest BCUT2D eigenvalue weighted by molar-refractivity contribution is 0.233. The van der Waals surface area contributed by atoms with Crippen molar-refractivity contribution >= 4 is 23.7 Å². The Balaban J connectivity index is 0.00000108. The molecular formula is C12H20ClN3S. The smallest absolute Gasteiger partial charge is 0.0794 e. The zero-order valence-corrected chi connectivity index (χ0v) is 11.6. The van der Waals surface area contributed by atoms with Gasteiger partial charge in [0, 0.05) is 36.2 Å². The van der Waals surface area contributed by atoms with E-state index in [0.29, 0.717) is 0 Å². The summed E-state index contributed by atoms with van der Waals surface area (Å²) in [7, 11) is 0. The zero-order chi connectivity index (χ0) is 10.8. The van der Waals surface area contributed by atoms with Crippen LogP contribution in [0.3, 0.4) is 0 Å². The molecule has 1 aliphatic carbocycles.